The maximum Gasteiger partial charge on any atom is 0.142 e. The third kappa shape index (κ3) is 5.14. The van der Waals surface area contributed by atoms with E-state index in [1.165, 1.54) is 55.5 Å². The molecule has 4 unspecified atom stereocenters. The first-order valence-electron chi connectivity index (χ1n) is 16.4. The second-order valence-electron chi connectivity index (χ2n) is 14.2. The molecule has 3 saturated heterocycles. The maximum absolute atomic E-state index is 11.0. The molecule has 234 valence electrons. The van der Waals surface area contributed by atoms with Gasteiger partial charge in [0.2, 0.25) is 0 Å². The van der Waals surface area contributed by atoms with Crippen LogP contribution in [0.3, 0.4) is 0 Å². The number of aliphatic hydroxyl groups is 2. The standard InChI is InChI=1S/C31H52N8O3/c1-4-38-16-34-28(32)25-29(38)39(17-33-25)30-27(41)26(40)23(42-30)15-37(3)20-12-18(13-20)6-9-24-35-21-8-7-19(14-22(21)36-24)31(2)10-5-11-31/h7-8,14,18,20,23-30,33-36,40-41H,4-6,9-13,15-17,32H2,1-3H3/t18?,20?,23-,24?,25?,26-,27-,28?,29?,30-/m1/s1. The smallest absolute Gasteiger partial charge is 0.142 e. The lowest BCUT2D eigenvalue weighted by Gasteiger charge is -2.45. The molecule has 7 rings (SSSR count). The van der Waals surface area contributed by atoms with Crippen molar-refractivity contribution in [3.63, 3.8) is 0 Å². The lowest BCUT2D eigenvalue weighted by molar-refractivity contribution is -0.131. The Morgan fingerprint density at radius 3 is 2.60 bits per heavy atom. The minimum atomic E-state index is -0.953. The SMILES string of the molecule is CCN1CNC(N)C2NCN([C@@H]3O[C@H](CN(C)C4CC(CCC5Nc6ccc(C7(C)CCC7)cc6N5)C4)[C@@H](O)[C@H]3O)C21. The molecule has 0 bridgehead atoms. The fourth-order valence-corrected chi connectivity index (χ4v) is 8.35. The number of benzene rings is 1. The monoisotopic (exact) mass is 584 g/mol. The van der Waals surface area contributed by atoms with E-state index in [1.54, 1.807) is 0 Å². The van der Waals surface area contributed by atoms with E-state index in [-0.39, 0.29) is 18.4 Å². The fraction of sp³-hybridized carbons (Fsp3) is 0.806. The summed E-state index contributed by atoms with van der Waals surface area (Å²) in [5, 5.41) is 36.3. The minimum absolute atomic E-state index is 0.0201. The Morgan fingerprint density at radius 1 is 1.07 bits per heavy atom. The number of hydrogen-bond donors (Lipinski definition) is 7. The Morgan fingerprint density at radius 2 is 1.86 bits per heavy atom. The highest BCUT2D eigenvalue weighted by atomic mass is 16.6. The van der Waals surface area contributed by atoms with Crippen molar-refractivity contribution >= 4 is 11.4 Å². The Hall–Kier alpha value is -1.54. The summed E-state index contributed by atoms with van der Waals surface area (Å²) in [5.41, 5.74) is 10.7. The van der Waals surface area contributed by atoms with Gasteiger partial charge in [-0.2, -0.15) is 0 Å². The van der Waals surface area contributed by atoms with Crippen molar-refractivity contribution in [3.8, 4) is 0 Å². The largest absolute Gasteiger partial charge is 0.387 e. The molecule has 8 atom stereocenters. The van der Waals surface area contributed by atoms with Crippen molar-refractivity contribution in [2.75, 3.05) is 44.1 Å². The van der Waals surface area contributed by atoms with Gasteiger partial charge in [0.05, 0.1) is 49.3 Å². The van der Waals surface area contributed by atoms with Crippen molar-refractivity contribution in [2.45, 2.75) is 119 Å². The van der Waals surface area contributed by atoms with Crippen LogP contribution in [0.15, 0.2) is 18.2 Å². The number of hydrogen-bond acceptors (Lipinski definition) is 11. The molecule has 0 spiro atoms. The van der Waals surface area contributed by atoms with E-state index in [1.807, 2.05) is 0 Å². The Balaban J connectivity index is 0.866. The van der Waals surface area contributed by atoms with Gasteiger partial charge in [-0.25, -0.2) is 4.90 Å². The molecular formula is C31H52N8O3. The van der Waals surface area contributed by atoms with Gasteiger partial charge < -0.3 is 36.2 Å². The Kier molecular flexibility index (Phi) is 7.94. The normalized spacial score (nSPS) is 41.1. The topological polar surface area (TPSA) is 134 Å². The number of fused-ring (bicyclic) bond motifs is 2. The summed E-state index contributed by atoms with van der Waals surface area (Å²) in [6.45, 7) is 7.26. The highest BCUT2D eigenvalue weighted by Gasteiger charge is 2.53. The third-order valence-corrected chi connectivity index (χ3v) is 11.5. The van der Waals surface area contributed by atoms with Gasteiger partial charge in [0.1, 0.15) is 24.5 Å². The molecule has 4 heterocycles. The van der Waals surface area contributed by atoms with Crippen LogP contribution in [0.5, 0.6) is 0 Å². The summed E-state index contributed by atoms with van der Waals surface area (Å²) in [7, 11) is 2.13. The molecule has 5 fully saturated rings. The van der Waals surface area contributed by atoms with Crippen LogP contribution in [0.2, 0.25) is 0 Å². The second-order valence-corrected chi connectivity index (χ2v) is 14.2. The molecule has 2 aliphatic carbocycles. The maximum atomic E-state index is 11.0. The summed E-state index contributed by atoms with van der Waals surface area (Å²) in [6.07, 6.45) is 5.92. The molecule has 0 amide bonds. The number of nitrogens with two attached hydrogens (primary N) is 1. The van der Waals surface area contributed by atoms with E-state index < -0.39 is 24.5 Å². The van der Waals surface area contributed by atoms with Crippen molar-refractivity contribution in [2.24, 2.45) is 11.7 Å². The van der Waals surface area contributed by atoms with Crippen LogP contribution in [-0.4, -0.2) is 114 Å². The van der Waals surface area contributed by atoms with Crippen LogP contribution in [-0.2, 0) is 10.2 Å². The average molecular weight is 585 g/mol. The average Bonchev–Trinajstić information content (AvgIpc) is 3.63. The second kappa shape index (κ2) is 11.4. The van der Waals surface area contributed by atoms with E-state index in [0.29, 0.717) is 37.5 Å². The number of rotatable bonds is 9. The van der Waals surface area contributed by atoms with E-state index >= 15 is 0 Å². The van der Waals surface area contributed by atoms with Gasteiger partial charge in [-0.15, -0.1) is 0 Å². The van der Waals surface area contributed by atoms with Gasteiger partial charge in [0.25, 0.3) is 0 Å². The zero-order chi connectivity index (χ0) is 29.2. The van der Waals surface area contributed by atoms with Crippen molar-refractivity contribution in [3.05, 3.63) is 23.8 Å². The van der Waals surface area contributed by atoms with Crippen molar-refractivity contribution in [1.29, 1.82) is 0 Å². The lowest BCUT2D eigenvalue weighted by atomic mass is 9.66. The van der Waals surface area contributed by atoms with Crippen LogP contribution in [0.1, 0.15) is 64.4 Å². The molecule has 8 N–H and O–H groups in total. The van der Waals surface area contributed by atoms with E-state index in [4.69, 9.17) is 10.5 Å². The summed E-state index contributed by atoms with van der Waals surface area (Å²) in [4.78, 5) is 6.76. The quantitative estimate of drug-likeness (QED) is 0.224. The molecule has 0 aromatic heterocycles. The molecule has 11 nitrogen and oxygen atoms in total. The van der Waals surface area contributed by atoms with Gasteiger partial charge in [-0.1, -0.05) is 26.3 Å². The van der Waals surface area contributed by atoms with E-state index in [2.05, 4.69) is 75.1 Å². The molecule has 11 heteroatoms. The summed E-state index contributed by atoms with van der Waals surface area (Å²) < 4.78 is 6.39. The summed E-state index contributed by atoms with van der Waals surface area (Å²) >= 11 is 0. The van der Waals surface area contributed by atoms with Crippen LogP contribution < -0.4 is 27.0 Å². The Labute approximate surface area is 250 Å². The van der Waals surface area contributed by atoms with Crippen LogP contribution >= 0.6 is 0 Å². The number of nitrogens with zero attached hydrogens (tertiary/aromatic N) is 3. The fourth-order valence-electron chi connectivity index (χ4n) is 8.35. The lowest BCUT2D eigenvalue weighted by Crippen LogP contribution is -2.69. The minimum Gasteiger partial charge on any atom is -0.387 e. The highest BCUT2D eigenvalue weighted by Crippen LogP contribution is 2.46. The number of aliphatic hydroxyl groups excluding tert-OH is 2. The third-order valence-electron chi connectivity index (χ3n) is 11.5. The van der Waals surface area contributed by atoms with Gasteiger partial charge >= 0.3 is 0 Å². The zero-order valence-corrected chi connectivity index (χ0v) is 25.5. The van der Waals surface area contributed by atoms with Crippen LogP contribution in [0, 0.1) is 5.92 Å². The van der Waals surface area contributed by atoms with Gasteiger partial charge in [-0.05, 0) is 81.1 Å². The van der Waals surface area contributed by atoms with Crippen molar-refractivity contribution < 1.29 is 14.9 Å². The number of ether oxygens (including phenoxy) is 1. The van der Waals surface area contributed by atoms with Gasteiger partial charge in [0, 0.05) is 12.6 Å². The van der Waals surface area contributed by atoms with Gasteiger partial charge in [-0.3, -0.25) is 15.5 Å². The highest BCUT2D eigenvalue weighted by molar-refractivity contribution is 5.75. The summed E-state index contributed by atoms with van der Waals surface area (Å²) in [6, 6.07) is 7.48. The molecule has 42 heavy (non-hydrogen) atoms. The predicted molar refractivity (Wildman–Crippen MR) is 164 cm³/mol. The first-order chi connectivity index (χ1) is 20.2. The van der Waals surface area contributed by atoms with Crippen LogP contribution in [0.25, 0.3) is 0 Å². The summed E-state index contributed by atoms with van der Waals surface area (Å²) in [5.74, 6) is 0.721. The van der Waals surface area contributed by atoms with Crippen LogP contribution in [0.4, 0.5) is 11.4 Å². The molecule has 6 aliphatic rings. The molecule has 4 aliphatic heterocycles. The first kappa shape index (κ1) is 29.2. The zero-order valence-electron chi connectivity index (χ0n) is 25.5. The van der Waals surface area contributed by atoms with Gasteiger partial charge in [0.15, 0.2) is 0 Å². The predicted octanol–water partition coefficient (Wildman–Crippen LogP) is 0.954. The first-order valence-corrected chi connectivity index (χ1v) is 16.4. The number of anilines is 2. The molecule has 1 aromatic carbocycles. The molecular weight excluding hydrogens is 532 g/mol. The number of likely N-dealkylation sites (N-methyl/N-ethyl adjacent to an activating group) is 2. The molecule has 1 aromatic rings. The van der Waals surface area contributed by atoms with E-state index in [0.717, 1.165) is 18.9 Å². The molecule has 0 radical (unpaired) electrons. The van der Waals surface area contributed by atoms with Crippen molar-refractivity contribution in [1.82, 2.24) is 25.3 Å². The molecule has 2 saturated carbocycles. The Bertz CT molecular complexity index is 1120. The number of nitrogens with one attached hydrogen (secondary N) is 4. The van der Waals surface area contributed by atoms with E-state index in [9.17, 15) is 10.2 Å².